The predicted molar refractivity (Wildman–Crippen MR) is 64.9 cm³/mol. The van der Waals surface area contributed by atoms with Crippen LogP contribution in [0.4, 0.5) is 0 Å². The van der Waals surface area contributed by atoms with E-state index < -0.39 is 5.97 Å². The summed E-state index contributed by atoms with van der Waals surface area (Å²) in [5, 5.41) is 9.55. The van der Waals surface area contributed by atoms with Crippen molar-refractivity contribution in [2.75, 3.05) is 0 Å². The summed E-state index contributed by atoms with van der Waals surface area (Å²) in [6.07, 6.45) is 4.09. The zero-order chi connectivity index (χ0) is 12.3. The van der Waals surface area contributed by atoms with Crippen LogP contribution < -0.4 is 0 Å². The highest BCUT2D eigenvalue weighted by atomic mass is 16.5. The molecule has 0 heterocycles. The van der Waals surface area contributed by atoms with Gasteiger partial charge in [0.05, 0.1) is 0 Å². The zero-order valence-electron chi connectivity index (χ0n) is 10.1. The van der Waals surface area contributed by atoms with Gasteiger partial charge in [-0.1, -0.05) is 19.1 Å². The third-order valence-corrected chi connectivity index (χ3v) is 3.36. The molecule has 2 rings (SSSR count). The van der Waals surface area contributed by atoms with E-state index in [0.29, 0.717) is 0 Å². The molecular weight excluding hydrogens is 216 g/mol. The van der Waals surface area contributed by atoms with E-state index in [1.54, 1.807) is 18.2 Å². The number of phenolic OH excluding ortho intramolecular Hbond substituents is 1. The van der Waals surface area contributed by atoms with Crippen molar-refractivity contribution in [2.24, 2.45) is 5.92 Å². The number of esters is 1. The first-order chi connectivity index (χ1) is 8.16. The van der Waals surface area contributed by atoms with Crippen LogP contribution in [0.25, 0.3) is 0 Å². The number of hydrogen-bond donors (Lipinski definition) is 1. The molecule has 0 unspecified atom stereocenters. The van der Waals surface area contributed by atoms with Crippen molar-refractivity contribution in [1.82, 2.24) is 0 Å². The molecule has 1 aliphatic rings. The minimum Gasteiger partial charge on any atom is -0.507 e. The highest BCUT2D eigenvalue weighted by Crippen LogP contribution is 2.27. The number of carbonyl (C=O) groups excluding carboxylic acids is 1. The van der Waals surface area contributed by atoms with E-state index in [1.165, 1.54) is 6.07 Å². The highest BCUT2D eigenvalue weighted by molar-refractivity contribution is 5.92. The minimum atomic E-state index is -0.414. The molecule has 1 saturated carbocycles. The van der Waals surface area contributed by atoms with E-state index in [2.05, 4.69) is 6.92 Å². The van der Waals surface area contributed by atoms with Gasteiger partial charge in [0.1, 0.15) is 17.4 Å². The zero-order valence-corrected chi connectivity index (χ0v) is 10.1. The van der Waals surface area contributed by atoms with Gasteiger partial charge in [-0.25, -0.2) is 4.79 Å². The number of para-hydroxylation sites is 1. The van der Waals surface area contributed by atoms with Crippen molar-refractivity contribution >= 4 is 5.97 Å². The van der Waals surface area contributed by atoms with Gasteiger partial charge in [-0.05, 0) is 43.7 Å². The molecular formula is C14H18O3. The second kappa shape index (κ2) is 5.21. The average Bonchev–Trinajstić information content (AvgIpc) is 2.32. The van der Waals surface area contributed by atoms with E-state index in [-0.39, 0.29) is 17.4 Å². The molecule has 92 valence electrons. The molecule has 1 N–H and O–H groups in total. The average molecular weight is 234 g/mol. The molecule has 1 aromatic rings. The summed E-state index contributed by atoms with van der Waals surface area (Å²) in [7, 11) is 0. The maximum absolute atomic E-state index is 11.8. The van der Waals surface area contributed by atoms with Crippen LogP contribution in [0, 0.1) is 5.92 Å². The third kappa shape index (κ3) is 2.99. The standard InChI is InChI=1S/C14H18O3/c1-10-6-8-11(9-7-10)17-14(16)12-4-2-3-5-13(12)15/h2-5,10-11,15H,6-9H2,1H3. The molecule has 17 heavy (non-hydrogen) atoms. The fourth-order valence-corrected chi connectivity index (χ4v) is 2.21. The Bertz CT molecular complexity index is 392. The minimum absolute atomic E-state index is 0.0123. The van der Waals surface area contributed by atoms with Crippen LogP contribution in [-0.4, -0.2) is 17.2 Å². The van der Waals surface area contributed by atoms with Crippen LogP contribution in [0.15, 0.2) is 24.3 Å². The van der Waals surface area contributed by atoms with E-state index in [4.69, 9.17) is 4.74 Å². The molecule has 0 atom stereocenters. The van der Waals surface area contributed by atoms with E-state index >= 15 is 0 Å². The van der Waals surface area contributed by atoms with E-state index in [1.807, 2.05) is 0 Å². The van der Waals surface area contributed by atoms with Crippen LogP contribution in [0.3, 0.4) is 0 Å². The smallest absolute Gasteiger partial charge is 0.342 e. The predicted octanol–water partition coefficient (Wildman–Crippen LogP) is 3.13. The van der Waals surface area contributed by atoms with Crippen LogP contribution >= 0.6 is 0 Å². The Balaban J connectivity index is 1.96. The monoisotopic (exact) mass is 234 g/mol. The number of hydrogen-bond acceptors (Lipinski definition) is 3. The fraction of sp³-hybridized carbons (Fsp3) is 0.500. The Morgan fingerprint density at radius 1 is 1.24 bits per heavy atom. The molecule has 3 nitrogen and oxygen atoms in total. The first kappa shape index (κ1) is 12.0. The van der Waals surface area contributed by atoms with Gasteiger partial charge in [-0.15, -0.1) is 0 Å². The number of benzene rings is 1. The number of rotatable bonds is 2. The Hall–Kier alpha value is -1.51. The van der Waals surface area contributed by atoms with Crippen molar-refractivity contribution in [3.8, 4) is 5.75 Å². The van der Waals surface area contributed by atoms with Crippen molar-refractivity contribution < 1.29 is 14.6 Å². The molecule has 0 aliphatic heterocycles. The lowest BCUT2D eigenvalue weighted by Gasteiger charge is -2.26. The molecule has 0 spiro atoms. The molecule has 0 aromatic heterocycles. The van der Waals surface area contributed by atoms with Crippen molar-refractivity contribution in [1.29, 1.82) is 0 Å². The Labute approximate surface area is 101 Å². The Morgan fingerprint density at radius 3 is 2.53 bits per heavy atom. The fourth-order valence-electron chi connectivity index (χ4n) is 2.21. The second-order valence-corrected chi connectivity index (χ2v) is 4.80. The number of aromatic hydroxyl groups is 1. The summed E-state index contributed by atoms with van der Waals surface area (Å²) >= 11 is 0. The van der Waals surface area contributed by atoms with E-state index in [0.717, 1.165) is 31.6 Å². The lowest BCUT2D eigenvalue weighted by molar-refractivity contribution is 0.0171. The topological polar surface area (TPSA) is 46.5 Å². The van der Waals surface area contributed by atoms with Crippen molar-refractivity contribution in [2.45, 2.75) is 38.7 Å². The van der Waals surface area contributed by atoms with Crippen LogP contribution in [0.1, 0.15) is 43.0 Å². The highest BCUT2D eigenvalue weighted by Gasteiger charge is 2.23. The molecule has 0 amide bonds. The van der Waals surface area contributed by atoms with Crippen LogP contribution in [0.5, 0.6) is 5.75 Å². The number of carbonyl (C=O) groups is 1. The second-order valence-electron chi connectivity index (χ2n) is 4.80. The lowest BCUT2D eigenvalue weighted by Crippen LogP contribution is -2.23. The summed E-state index contributed by atoms with van der Waals surface area (Å²) in [5.41, 5.74) is 0.256. The third-order valence-electron chi connectivity index (χ3n) is 3.36. The lowest BCUT2D eigenvalue weighted by atomic mass is 9.89. The Kier molecular flexibility index (Phi) is 3.67. The largest absolute Gasteiger partial charge is 0.507 e. The first-order valence-corrected chi connectivity index (χ1v) is 6.16. The van der Waals surface area contributed by atoms with Gasteiger partial charge in [0.25, 0.3) is 0 Å². The van der Waals surface area contributed by atoms with Crippen LogP contribution in [0.2, 0.25) is 0 Å². The first-order valence-electron chi connectivity index (χ1n) is 6.16. The SMILES string of the molecule is CC1CCC(OC(=O)c2ccccc2O)CC1. The molecule has 0 bridgehead atoms. The van der Waals surface area contributed by atoms with Gasteiger partial charge in [0.2, 0.25) is 0 Å². The molecule has 3 heteroatoms. The number of phenols is 1. The Morgan fingerprint density at radius 2 is 1.88 bits per heavy atom. The van der Waals surface area contributed by atoms with Gasteiger partial charge in [0, 0.05) is 0 Å². The van der Waals surface area contributed by atoms with Gasteiger partial charge < -0.3 is 9.84 Å². The summed E-state index contributed by atoms with van der Waals surface area (Å²) in [6, 6.07) is 6.50. The maximum Gasteiger partial charge on any atom is 0.342 e. The summed E-state index contributed by atoms with van der Waals surface area (Å²) in [5.74, 6) is 0.305. The number of ether oxygens (including phenoxy) is 1. The summed E-state index contributed by atoms with van der Waals surface area (Å²) < 4.78 is 5.41. The van der Waals surface area contributed by atoms with E-state index in [9.17, 15) is 9.90 Å². The van der Waals surface area contributed by atoms with Crippen molar-refractivity contribution in [3.05, 3.63) is 29.8 Å². The quantitative estimate of drug-likeness (QED) is 0.800. The van der Waals surface area contributed by atoms with Gasteiger partial charge in [-0.3, -0.25) is 0 Å². The molecule has 1 aromatic carbocycles. The summed E-state index contributed by atoms with van der Waals surface area (Å²) in [6.45, 7) is 2.22. The van der Waals surface area contributed by atoms with Crippen molar-refractivity contribution in [3.63, 3.8) is 0 Å². The van der Waals surface area contributed by atoms with Gasteiger partial charge in [-0.2, -0.15) is 0 Å². The maximum atomic E-state index is 11.8. The molecule has 0 radical (unpaired) electrons. The summed E-state index contributed by atoms with van der Waals surface area (Å²) in [4.78, 5) is 11.8. The molecule has 0 saturated heterocycles. The van der Waals surface area contributed by atoms with Crippen LogP contribution in [-0.2, 0) is 4.74 Å². The van der Waals surface area contributed by atoms with Gasteiger partial charge >= 0.3 is 5.97 Å². The molecule has 1 fully saturated rings. The normalized spacial score (nSPS) is 24.3. The molecule has 1 aliphatic carbocycles. The van der Waals surface area contributed by atoms with Gasteiger partial charge in [0.15, 0.2) is 0 Å².